The molecule has 0 aliphatic heterocycles. The molecule has 0 aliphatic carbocycles. The Morgan fingerprint density at radius 2 is 2.50 bits per heavy atom. The van der Waals surface area contributed by atoms with Gasteiger partial charge in [-0.15, -0.1) is 17.9 Å². The van der Waals surface area contributed by atoms with E-state index < -0.39 is 10.8 Å². The third-order valence-electron chi connectivity index (χ3n) is 1.80. The van der Waals surface area contributed by atoms with Crippen LogP contribution in [0.2, 0.25) is 0 Å². The summed E-state index contributed by atoms with van der Waals surface area (Å²) < 4.78 is 11.9. The van der Waals surface area contributed by atoms with E-state index in [4.69, 9.17) is 0 Å². The first kappa shape index (κ1) is 13.1. The predicted molar refractivity (Wildman–Crippen MR) is 66.2 cm³/mol. The first-order chi connectivity index (χ1) is 7.69. The normalized spacial score (nSPS) is 12.1. The van der Waals surface area contributed by atoms with Gasteiger partial charge in [0.15, 0.2) is 4.34 Å². The topological polar surface area (TPSA) is 59.1 Å². The monoisotopic (exact) mass is 258 g/mol. The number of carbonyl (C=O) groups is 1. The van der Waals surface area contributed by atoms with Gasteiger partial charge in [0, 0.05) is 12.3 Å². The Kier molecular flexibility index (Phi) is 5.34. The molecule has 4 nitrogen and oxygen atoms in total. The lowest BCUT2D eigenvalue weighted by atomic mass is 10.4. The Hall–Kier alpha value is -1.01. The van der Waals surface area contributed by atoms with Crippen LogP contribution in [-0.4, -0.2) is 27.4 Å². The van der Waals surface area contributed by atoms with Gasteiger partial charge in [0.1, 0.15) is 4.88 Å². The van der Waals surface area contributed by atoms with Crippen LogP contribution < -0.4 is 5.32 Å². The minimum Gasteiger partial charge on any atom is -0.351 e. The molecule has 1 aromatic heterocycles. The molecular formula is C10H14N2O2S2. The number of thiazole rings is 1. The van der Waals surface area contributed by atoms with E-state index in [1.807, 2.05) is 6.92 Å². The van der Waals surface area contributed by atoms with E-state index >= 15 is 0 Å². The molecule has 0 spiro atoms. The lowest BCUT2D eigenvalue weighted by Crippen LogP contribution is -2.23. The molecule has 1 heterocycles. The quantitative estimate of drug-likeness (QED) is 0.622. The average Bonchev–Trinajstić information content (AvgIpc) is 2.77. The number of hydrogen-bond donors (Lipinski definition) is 1. The molecule has 88 valence electrons. The summed E-state index contributed by atoms with van der Waals surface area (Å²) in [5.41, 5.74) is 0. The van der Waals surface area contributed by atoms with Crippen LogP contribution in [0, 0.1) is 0 Å². The average molecular weight is 258 g/mol. The Labute approximate surface area is 101 Å². The number of amides is 1. The molecule has 0 saturated carbocycles. The van der Waals surface area contributed by atoms with Gasteiger partial charge in [0.25, 0.3) is 5.91 Å². The van der Waals surface area contributed by atoms with Gasteiger partial charge in [-0.3, -0.25) is 9.00 Å². The smallest absolute Gasteiger partial charge is 0.263 e. The molecule has 0 aliphatic rings. The number of hydrogen-bond acceptors (Lipinski definition) is 4. The van der Waals surface area contributed by atoms with E-state index in [9.17, 15) is 9.00 Å². The van der Waals surface area contributed by atoms with Crippen molar-refractivity contribution < 1.29 is 9.00 Å². The van der Waals surface area contributed by atoms with Gasteiger partial charge in [-0.25, -0.2) is 4.98 Å². The highest BCUT2D eigenvalue weighted by molar-refractivity contribution is 7.87. The molecule has 0 fully saturated rings. The summed E-state index contributed by atoms with van der Waals surface area (Å²) >= 11 is 1.18. The zero-order valence-corrected chi connectivity index (χ0v) is 10.7. The van der Waals surface area contributed by atoms with Gasteiger partial charge in [-0.05, 0) is 6.42 Å². The molecule has 6 heteroatoms. The summed E-state index contributed by atoms with van der Waals surface area (Å²) in [5.74, 6) is 0.351. The summed E-state index contributed by atoms with van der Waals surface area (Å²) in [5, 5.41) is 2.73. The lowest BCUT2D eigenvalue weighted by Gasteiger charge is -1.99. The van der Waals surface area contributed by atoms with Crippen LogP contribution in [0.3, 0.4) is 0 Å². The molecule has 1 amide bonds. The summed E-state index contributed by atoms with van der Waals surface area (Å²) in [4.78, 5) is 16.0. The summed E-state index contributed by atoms with van der Waals surface area (Å²) in [7, 11) is -1.08. The predicted octanol–water partition coefficient (Wildman–Crippen LogP) is 1.58. The van der Waals surface area contributed by atoms with Crippen LogP contribution in [0.25, 0.3) is 0 Å². The van der Waals surface area contributed by atoms with Gasteiger partial charge in [-0.2, -0.15) is 0 Å². The van der Waals surface area contributed by atoms with Crippen molar-refractivity contribution in [1.29, 1.82) is 0 Å². The van der Waals surface area contributed by atoms with E-state index in [-0.39, 0.29) is 5.91 Å². The highest BCUT2D eigenvalue weighted by Crippen LogP contribution is 2.16. The van der Waals surface area contributed by atoms with Gasteiger partial charge in [0.05, 0.1) is 17.0 Å². The standard InChI is InChI=1S/C10H14N2O2S2/c1-3-5-6-11-9(13)8-7-12-10(15-8)16(14)4-2/h3,7H,1,4-6H2,2H3,(H,11,13). The van der Waals surface area contributed by atoms with E-state index in [0.29, 0.717) is 21.5 Å². The number of rotatable bonds is 6. The fourth-order valence-electron chi connectivity index (χ4n) is 0.967. The van der Waals surface area contributed by atoms with Crippen LogP contribution in [0.5, 0.6) is 0 Å². The second-order valence-corrected chi connectivity index (χ2v) is 5.90. The van der Waals surface area contributed by atoms with Crippen molar-refractivity contribution in [3.8, 4) is 0 Å². The second kappa shape index (κ2) is 6.55. The van der Waals surface area contributed by atoms with Crippen LogP contribution in [0.15, 0.2) is 23.2 Å². The Morgan fingerprint density at radius 1 is 1.75 bits per heavy atom. The van der Waals surface area contributed by atoms with E-state index in [2.05, 4.69) is 16.9 Å². The van der Waals surface area contributed by atoms with Crippen molar-refractivity contribution in [3.63, 3.8) is 0 Å². The van der Waals surface area contributed by atoms with Crippen LogP contribution in [0.1, 0.15) is 23.0 Å². The summed E-state index contributed by atoms with van der Waals surface area (Å²) in [6.07, 6.45) is 3.94. The van der Waals surface area contributed by atoms with Gasteiger partial charge < -0.3 is 5.32 Å². The van der Waals surface area contributed by atoms with Crippen molar-refractivity contribution >= 4 is 28.0 Å². The van der Waals surface area contributed by atoms with Crippen molar-refractivity contribution in [2.24, 2.45) is 0 Å². The maximum atomic E-state index is 11.6. The molecule has 0 aromatic carbocycles. The maximum Gasteiger partial charge on any atom is 0.263 e. The van der Waals surface area contributed by atoms with Crippen molar-refractivity contribution in [1.82, 2.24) is 10.3 Å². The first-order valence-electron chi connectivity index (χ1n) is 4.92. The largest absolute Gasteiger partial charge is 0.351 e. The number of carbonyl (C=O) groups excluding carboxylic acids is 1. The van der Waals surface area contributed by atoms with Crippen molar-refractivity contribution in [2.45, 2.75) is 17.7 Å². The Balaban J connectivity index is 2.59. The molecule has 1 unspecified atom stereocenters. The Bertz CT molecular complexity index is 401. The third-order valence-corrected chi connectivity index (χ3v) is 4.42. The van der Waals surface area contributed by atoms with Crippen molar-refractivity contribution in [3.05, 3.63) is 23.7 Å². The molecule has 1 aromatic rings. The minimum absolute atomic E-state index is 0.168. The minimum atomic E-state index is -1.08. The fourth-order valence-corrected chi connectivity index (χ4v) is 2.94. The van der Waals surface area contributed by atoms with Gasteiger partial charge >= 0.3 is 0 Å². The van der Waals surface area contributed by atoms with E-state index in [0.717, 1.165) is 6.42 Å². The van der Waals surface area contributed by atoms with Crippen LogP contribution >= 0.6 is 11.3 Å². The van der Waals surface area contributed by atoms with E-state index in [1.165, 1.54) is 17.5 Å². The molecular weight excluding hydrogens is 244 g/mol. The van der Waals surface area contributed by atoms with Gasteiger partial charge in [-0.1, -0.05) is 13.0 Å². The molecule has 1 atom stereocenters. The molecule has 16 heavy (non-hydrogen) atoms. The zero-order valence-electron chi connectivity index (χ0n) is 9.06. The summed E-state index contributed by atoms with van der Waals surface area (Å²) in [6, 6.07) is 0. The van der Waals surface area contributed by atoms with Gasteiger partial charge in [0.2, 0.25) is 0 Å². The highest BCUT2D eigenvalue weighted by Gasteiger charge is 2.12. The molecule has 0 bridgehead atoms. The van der Waals surface area contributed by atoms with Crippen LogP contribution in [0.4, 0.5) is 0 Å². The molecule has 0 radical (unpaired) electrons. The van der Waals surface area contributed by atoms with Crippen LogP contribution in [-0.2, 0) is 10.8 Å². The Morgan fingerprint density at radius 3 is 3.12 bits per heavy atom. The molecule has 1 N–H and O–H groups in total. The zero-order chi connectivity index (χ0) is 12.0. The highest BCUT2D eigenvalue weighted by atomic mass is 32.2. The lowest BCUT2D eigenvalue weighted by molar-refractivity contribution is 0.0958. The first-order valence-corrected chi connectivity index (χ1v) is 7.05. The van der Waals surface area contributed by atoms with Crippen molar-refractivity contribution in [2.75, 3.05) is 12.3 Å². The second-order valence-electron chi connectivity index (χ2n) is 2.96. The number of nitrogens with one attached hydrogen (secondary N) is 1. The fraction of sp³-hybridized carbons (Fsp3) is 0.400. The summed E-state index contributed by atoms with van der Waals surface area (Å²) in [6.45, 7) is 5.95. The SMILES string of the molecule is C=CCCNC(=O)c1cnc(S(=O)CC)s1. The number of nitrogens with zero attached hydrogens (tertiary/aromatic N) is 1. The molecule has 0 saturated heterocycles. The molecule has 1 rings (SSSR count). The number of aromatic nitrogens is 1. The third kappa shape index (κ3) is 3.53. The maximum absolute atomic E-state index is 11.6. The van der Waals surface area contributed by atoms with E-state index in [1.54, 1.807) is 6.08 Å².